The lowest BCUT2D eigenvalue weighted by Crippen LogP contribution is -2.39. The Kier molecular flexibility index (Phi) is 4.51. The summed E-state index contributed by atoms with van der Waals surface area (Å²) < 4.78 is 0. The maximum absolute atomic E-state index is 10.7. The van der Waals surface area contributed by atoms with Gasteiger partial charge in [-0.25, -0.2) is 0 Å². The van der Waals surface area contributed by atoms with Crippen molar-refractivity contribution >= 4 is 10.9 Å². The molecule has 0 unspecified atom stereocenters. The summed E-state index contributed by atoms with van der Waals surface area (Å²) in [6.45, 7) is 1.47. The standard InChI is InChI=1S/C18H24N2O/c21-18(10-5-1-2-6-11-18)14-19-13-15-9-12-20-17-8-4-3-7-16(15)17/h3-4,7-9,12,19,21H,1-2,5-6,10-11,13-14H2. The van der Waals surface area contributed by atoms with E-state index in [2.05, 4.69) is 22.4 Å². The first-order valence-corrected chi connectivity index (χ1v) is 8.03. The largest absolute Gasteiger partial charge is 0.389 e. The molecule has 2 aromatic rings. The third-order valence-electron chi connectivity index (χ3n) is 4.54. The maximum atomic E-state index is 10.7. The summed E-state index contributed by atoms with van der Waals surface area (Å²) in [5.41, 5.74) is 1.77. The fraction of sp³-hybridized carbons (Fsp3) is 0.500. The zero-order valence-corrected chi connectivity index (χ0v) is 12.5. The van der Waals surface area contributed by atoms with Crippen molar-refractivity contribution in [3.05, 3.63) is 42.1 Å². The van der Waals surface area contributed by atoms with E-state index in [-0.39, 0.29) is 0 Å². The average Bonchev–Trinajstić information content (AvgIpc) is 2.73. The van der Waals surface area contributed by atoms with Gasteiger partial charge in [-0.2, -0.15) is 0 Å². The zero-order chi connectivity index (χ0) is 14.5. The number of para-hydroxylation sites is 1. The van der Waals surface area contributed by atoms with Crippen molar-refractivity contribution in [1.82, 2.24) is 10.3 Å². The Balaban J connectivity index is 1.64. The molecular formula is C18H24N2O. The molecule has 3 heteroatoms. The van der Waals surface area contributed by atoms with E-state index in [0.717, 1.165) is 37.7 Å². The molecule has 112 valence electrons. The molecule has 21 heavy (non-hydrogen) atoms. The maximum Gasteiger partial charge on any atom is 0.0771 e. The van der Waals surface area contributed by atoms with E-state index in [1.54, 1.807) is 0 Å². The van der Waals surface area contributed by atoms with Gasteiger partial charge in [-0.15, -0.1) is 0 Å². The number of fused-ring (bicyclic) bond motifs is 1. The van der Waals surface area contributed by atoms with Crippen molar-refractivity contribution in [2.45, 2.75) is 50.7 Å². The number of benzene rings is 1. The van der Waals surface area contributed by atoms with Gasteiger partial charge >= 0.3 is 0 Å². The Hall–Kier alpha value is -1.45. The third kappa shape index (κ3) is 3.60. The summed E-state index contributed by atoms with van der Waals surface area (Å²) in [6, 6.07) is 10.3. The Morgan fingerprint density at radius 2 is 1.81 bits per heavy atom. The molecule has 1 aromatic carbocycles. The molecule has 0 bridgehead atoms. The van der Waals surface area contributed by atoms with E-state index in [0.29, 0.717) is 6.54 Å². The summed E-state index contributed by atoms with van der Waals surface area (Å²) in [6.07, 6.45) is 8.54. The van der Waals surface area contributed by atoms with Crippen LogP contribution in [0.15, 0.2) is 36.5 Å². The molecular weight excluding hydrogens is 260 g/mol. The average molecular weight is 284 g/mol. The first kappa shape index (κ1) is 14.5. The molecule has 0 saturated heterocycles. The quantitative estimate of drug-likeness (QED) is 0.846. The van der Waals surface area contributed by atoms with Gasteiger partial charge in [-0.1, -0.05) is 43.9 Å². The van der Waals surface area contributed by atoms with Crippen LogP contribution < -0.4 is 5.32 Å². The summed E-state index contributed by atoms with van der Waals surface area (Å²) >= 11 is 0. The number of nitrogens with one attached hydrogen (secondary N) is 1. The van der Waals surface area contributed by atoms with Crippen molar-refractivity contribution < 1.29 is 5.11 Å². The lowest BCUT2D eigenvalue weighted by Gasteiger charge is -2.27. The summed E-state index contributed by atoms with van der Waals surface area (Å²) in [4.78, 5) is 4.39. The van der Waals surface area contributed by atoms with E-state index < -0.39 is 5.60 Å². The van der Waals surface area contributed by atoms with Gasteiger partial charge in [-0.3, -0.25) is 4.98 Å². The number of nitrogens with zero attached hydrogens (tertiary/aromatic N) is 1. The molecule has 0 atom stereocenters. The molecule has 1 aromatic heterocycles. The van der Waals surface area contributed by atoms with E-state index in [9.17, 15) is 5.11 Å². The molecule has 1 aliphatic carbocycles. The van der Waals surface area contributed by atoms with Crippen LogP contribution >= 0.6 is 0 Å². The van der Waals surface area contributed by atoms with Crippen LogP contribution in [0.1, 0.15) is 44.1 Å². The lowest BCUT2D eigenvalue weighted by molar-refractivity contribution is 0.0250. The molecule has 3 rings (SSSR count). The first-order chi connectivity index (χ1) is 10.3. The fourth-order valence-electron chi connectivity index (χ4n) is 3.30. The van der Waals surface area contributed by atoms with Crippen molar-refractivity contribution in [3.8, 4) is 0 Å². The van der Waals surface area contributed by atoms with Crippen molar-refractivity contribution in [2.24, 2.45) is 0 Å². The Morgan fingerprint density at radius 3 is 2.62 bits per heavy atom. The number of aromatic nitrogens is 1. The second kappa shape index (κ2) is 6.54. The minimum Gasteiger partial charge on any atom is -0.389 e. The van der Waals surface area contributed by atoms with Crippen LogP contribution in [0, 0.1) is 0 Å². The Bertz CT molecular complexity index is 583. The van der Waals surface area contributed by atoms with Crippen LogP contribution in [-0.4, -0.2) is 22.2 Å². The monoisotopic (exact) mass is 284 g/mol. The van der Waals surface area contributed by atoms with Crippen LogP contribution in [0.25, 0.3) is 10.9 Å². The van der Waals surface area contributed by atoms with Crippen LogP contribution in [0.4, 0.5) is 0 Å². The lowest BCUT2D eigenvalue weighted by atomic mass is 9.94. The second-order valence-electron chi connectivity index (χ2n) is 6.23. The van der Waals surface area contributed by atoms with Gasteiger partial charge in [-0.05, 0) is 30.5 Å². The zero-order valence-electron chi connectivity index (χ0n) is 12.5. The fourth-order valence-corrected chi connectivity index (χ4v) is 3.30. The second-order valence-corrected chi connectivity index (χ2v) is 6.23. The van der Waals surface area contributed by atoms with Gasteiger partial charge < -0.3 is 10.4 Å². The number of aliphatic hydroxyl groups is 1. The number of hydrogen-bond donors (Lipinski definition) is 2. The first-order valence-electron chi connectivity index (χ1n) is 8.03. The predicted molar refractivity (Wildman–Crippen MR) is 86.1 cm³/mol. The SMILES string of the molecule is OC1(CNCc2ccnc3ccccc23)CCCCCC1. The summed E-state index contributed by atoms with van der Waals surface area (Å²) in [5, 5.41) is 15.3. The molecule has 0 amide bonds. The van der Waals surface area contributed by atoms with Crippen molar-refractivity contribution in [3.63, 3.8) is 0 Å². The normalized spacial score (nSPS) is 18.5. The third-order valence-corrected chi connectivity index (χ3v) is 4.54. The molecule has 1 fully saturated rings. The topological polar surface area (TPSA) is 45.1 Å². The molecule has 0 aliphatic heterocycles. The molecule has 1 saturated carbocycles. The summed E-state index contributed by atoms with van der Waals surface area (Å²) in [5.74, 6) is 0. The van der Waals surface area contributed by atoms with Gasteiger partial charge in [0.2, 0.25) is 0 Å². The minimum atomic E-state index is -0.515. The van der Waals surface area contributed by atoms with E-state index >= 15 is 0 Å². The highest BCUT2D eigenvalue weighted by molar-refractivity contribution is 5.81. The Morgan fingerprint density at radius 1 is 1.05 bits per heavy atom. The van der Waals surface area contributed by atoms with Crippen LogP contribution in [0.5, 0.6) is 0 Å². The van der Waals surface area contributed by atoms with Crippen LogP contribution in [0.2, 0.25) is 0 Å². The smallest absolute Gasteiger partial charge is 0.0771 e. The Labute approximate surface area is 126 Å². The van der Waals surface area contributed by atoms with Crippen molar-refractivity contribution in [1.29, 1.82) is 0 Å². The minimum absolute atomic E-state index is 0.515. The van der Waals surface area contributed by atoms with Gasteiger partial charge in [0, 0.05) is 24.7 Å². The van der Waals surface area contributed by atoms with E-state index in [1.807, 2.05) is 24.4 Å². The molecule has 1 heterocycles. The van der Waals surface area contributed by atoms with Gasteiger partial charge in [0.1, 0.15) is 0 Å². The number of rotatable bonds is 4. The van der Waals surface area contributed by atoms with Gasteiger partial charge in [0.25, 0.3) is 0 Å². The number of pyridine rings is 1. The highest BCUT2D eigenvalue weighted by Crippen LogP contribution is 2.26. The molecule has 0 spiro atoms. The predicted octanol–water partition coefficient (Wildman–Crippen LogP) is 3.41. The van der Waals surface area contributed by atoms with Gasteiger partial charge in [0.05, 0.1) is 11.1 Å². The van der Waals surface area contributed by atoms with Crippen LogP contribution in [0.3, 0.4) is 0 Å². The molecule has 1 aliphatic rings. The summed E-state index contributed by atoms with van der Waals surface area (Å²) in [7, 11) is 0. The van der Waals surface area contributed by atoms with Crippen molar-refractivity contribution in [2.75, 3.05) is 6.54 Å². The molecule has 3 nitrogen and oxygen atoms in total. The highest BCUT2D eigenvalue weighted by atomic mass is 16.3. The number of hydrogen-bond acceptors (Lipinski definition) is 3. The molecule has 2 N–H and O–H groups in total. The molecule has 0 radical (unpaired) electrons. The highest BCUT2D eigenvalue weighted by Gasteiger charge is 2.27. The van der Waals surface area contributed by atoms with Crippen LogP contribution in [-0.2, 0) is 6.54 Å². The van der Waals surface area contributed by atoms with E-state index in [4.69, 9.17) is 0 Å². The van der Waals surface area contributed by atoms with Gasteiger partial charge in [0.15, 0.2) is 0 Å². The van der Waals surface area contributed by atoms with E-state index in [1.165, 1.54) is 23.8 Å².